The first-order valence-electron chi connectivity index (χ1n) is 11.5. The van der Waals surface area contributed by atoms with Gasteiger partial charge in [-0.15, -0.1) is 0 Å². The summed E-state index contributed by atoms with van der Waals surface area (Å²) < 4.78 is 22.3. The minimum atomic E-state index is -0.524. The standard InChI is InChI=1S/C27H29ClFNO2/c1-3-5-16-32-21-14-12-20(13-15-21)30-24(28)17-19-11-10-18(4-2)25(27(31)26(19)30)22-8-6-7-9-23(22)29/h6-9,12-15,17-18,25H,3-5,10-11,16H2,1-2H3. The maximum atomic E-state index is 14.8. The van der Waals surface area contributed by atoms with E-state index >= 15 is 0 Å². The van der Waals surface area contributed by atoms with Crippen LogP contribution in [0.5, 0.6) is 5.75 Å². The second-order valence-electron chi connectivity index (χ2n) is 8.44. The van der Waals surface area contributed by atoms with Gasteiger partial charge in [-0.1, -0.05) is 56.5 Å². The second kappa shape index (κ2) is 9.91. The van der Waals surface area contributed by atoms with Gasteiger partial charge in [-0.25, -0.2) is 4.39 Å². The summed E-state index contributed by atoms with van der Waals surface area (Å²) in [5.41, 5.74) is 2.77. The van der Waals surface area contributed by atoms with Gasteiger partial charge in [0.25, 0.3) is 0 Å². The molecule has 2 atom stereocenters. The van der Waals surface area contributed by atoms with Crippen LogP contribution < -0.4 is 4.74 Å². The second-order valence-corrected chi connectivity index (χ2v) is 8.83. The molecule has 0 fully saturated rings. The highest BCUT2D eigenvalue weighted by Gasteiger charge is 2.37. The maximum Gasteiger partial charge on any atom is 0.187 e. The monoisotopic (exact) mass is 453 g/mol. The third-order valence-electron chi connectivity index (χ3n) is 6.43. The van der Waals surface area contributed by atoms with E-state index in [-0.39, 0.29) is 17.5 Å². The number of aromatic nitrogens is 1. The summed E-state index contributed by atoms with van der Waals surface area (Å²) >= 11 is 6.63. The largest absolute Gasteiger partial charge is 0.494 e. The van der Waals surface area contributed by atoms with Crippen LogP contribution in [-0.2, 0) is 6.42 Å². The van der Waals surface area contributed by atoms with Crippen LogP contribution >= 0.6 is 11.6 Å². The number of fused-ring (bicyclic) bond motifs is 1. The number of unbranched alkanes of at least 4 members (excludes halogenated alkanes) is 1. The van der Waals surface area contributed by atoms with Crippen molar-refractivity contribution in [2.75, 3.05) is 6.61 Å². The Labute approximate surface area is 194 Å². The van der Waals surface area contributed by atoms with Crippen molar-refractivity contribution in [3.05, 3.63) is 82.4 Å². The molecule has 5 heteroatoms. The fourth-order valence-electron chi connectivity index (χ4n) is 4.70. The van der Waals surface area contributed by atoms with Crippen molar-refractivity contribution >= 4 is 17.4 Å². The quantitative estimate of drug-likeness (QED) is 0.276. The first-order valence-corrected chi connectivity index (χ1v) is 11.8. The van der Waals surface area contributed by atoms with Gasteiger partial charge in [-0.3, -0.25) is 9.36 Å². The predicted molar refractivity (Wildman–Crippen MR) is 127 cm³/mol. The Balaban J connectivity index is 1.75. The fraction of sp³-hybridized carbons (Fsp3) is 0.370. The Morgan fingerprint density at radius 3 is 2.56 bits per heavy atom. The molecule has 32 heavy (non-hydrogen) atoms. The van der Waals surface area contributed by atoms with E-state index in [9.17, 15) is 9.18 Å². The lowest BCUT2D eigenvalue weighted by Gasteiger charge is -2.24. The molecule has 0 radical (unpaired) electrons. The van der Waals surface area contributed by atoms with E-state index in [0.717, 1.165) is 49.1 Å². The summed E-state index contributed by atoms with van der Waals surface area (Å²) in [6, 6.07) is 16.2. The molecule has 2 unspecified atom stereocenters. The molecule has 0 amide bonds. The number of ketones is 1. The Hall–Kier alpha value is -2.59. The fourth-order valence-corrected chi connectivity index (χ4v) is 5.01. The topological polar surface area (TPSA) is 31.2 Å². The van der Waals surface area contributed by atoms with Gasteiger partial charge >= 0.3 is 0 Å². The summed E-state index contributed by atoms with van der Waals surface area (Å²) in [5.74, 6) is -0.0504. The zero-order chi connectivity index (χ0) is 22.7. The average molecular weight is 454 g/mol. The van der Waals surface area contributed by atoms with Crippen molar-refractivity contribution in [3.8, 4) is 11.4 Å². The summed E-state index contributed by atoms with van der Waals surface area (Å²) in [6.07, 6.45) is 4.46. The van der Waals surface area contributed by atoms with E-state index in [4.69, 9.17) is 16.3 Å². The van der Waals surface area contributed by atoms with Gasteiger partial charge in [-0.2, -0.15) is 0 Å². The van der Waals surface area contributed by atoms with Gasteiger partial charge in [0.15, 0.2) is 5.78 Å². The molecule has 0 spiro atoms. The van der Waals surface area contributed by atoms with E-state index < -0.39 is 5.92 Å². The molecule has 2 aromatic carbocycles. The van der Waals surface area contributed by atoms with Gasteiger partial charge in [0.05, 0.1) is 18.2 Å². The first-order chi connectivity index (χ1) is 15.5. The Bertz CT molecular complexity index is 1090. The van der Waals surface area contributed by atoms with Gasteiger partial charge in [0, 0.05) is 5.69 Å². The summed E-state index contributed by atoms with van der Waals surface area (Å²) in [5, 5.41) is 0.491. The van der Waals surface area contributed by atoms with Crippen molar-refractivity contribution < 1.29 is 13.9 Å². The highest BCUT2D eigenvalue weighted by molar-refractivity contribution is 6.30. The van der Waals surface area contributed by atoms with E-state index in [1.54, 1.807) is 22.8 Å². The lowest BCUT2D eigenvalue weighted by atomic mass is 9.79. The van der Waals surface area contributed by atoms with Crippen LogP contribution in [0.3, 0.4) is 0 Å². The van der Waals surface area contributed by atoms with Gasteiger partial charge in [-0.05, 0) is 72.7 Å². The zero-order valence-corrected chi connectivity index (χ0v) is 19.4. The molecule has 0 bridgehead atoms. The number of rotatable bonds is 7. The van der Waals surface area contributed by atoms with Crippen LogP contribution in [0.15, 0.2) is 54.6 Å². The summed E-state index contributed by atoms with van der Waals surface area (Å²) in [6.45, 7) is 4.87. The predicted octanol–water partition coefficient (Wildman–Crippen LogP) is 7.39. The Morgan fingerprint density at radius 2 is 1.88 bits per heavy atom. The minimum absolute atomic E-state index is 0.0652. The van der Waals surface area contributed by atoms with Crippen LogP contribution in [0, 0.1) is 11.7 Å². The van der Waals surface area contributed by atoms with E-state index in [0.29, 0.717) is 23.0 Å². The van der Waals surface area contributed by atoms with Crippen molar-refractivity contribution in [2.45, 2.75) is 51.9 Å². The average Bonchev–Trinajstić information content (AvgIpc) is 3.07. The molecule has 1 heterocycles. The number of ether oxygens (including phenoxy) is 1. The van der Waals surface area contributed by atoms with Crippen LogP contribution in [-0.4, -0.2) is 17.0 Å². The van der Waals surface area contributed by atoms with Crippen LogP contribution in [0.2, 0.25) is 5.15 Å². The summed E-state index contributed by atoms with van der Waals surface area (Å²) in [4.78, 5) is 13.9. The number of aryl methyl sites for hydroxylation is 1. The summed E-state index contributed by atoms with van der Waals surface area (Å²) in [7, 11) is 0. The molecular formula is C27H29ClFNO2. The molecule has 0 aliphatic heterocycles. The van der Waals surface area contributed by atoms with E-state index in [1.807, 2.05) is 30.3 Å². The number of Topliss-reactive ketones (excluding diaryl/α,β-unsaturated/α-hetero) is 1. The molecule has 0 N–H and O–H groups in total. The van der Waals surface area contributed by atoms with Crippen molar-refractivity contribution in [3.63, 3.8) is 0 Å². The highest BCUT2D eigenvalue weighted by Crippen LogP contribution is 2.41. The van der Waals surface area contributed by atoms with Crippen molar-refractivity contribution in [1.29, 1.82) is 0 Å². The lowest BCUT2D eigenvalue weighted by molar-refractivity contribution is 0.0920. The minimum Gasteiger partial charge on any atom is -0.494 e. The molecule has 3 nitrogen and oxygen atoms in total. The van der Waals surface area contributed by atoms with Crippen LogP contribution in [0.25, 0.3) is 5.69 Å². The number of carbonyl (C=O) groups excluding carboxylic acids is 1. The van der Waals surface area contributed by atoms with Crippen LogP contribution in [0.1, 0.15) is 67.1 Å². The van der Waals surface area contributed by atoms with Gasteiger partial charge in [0.2, 0.25) is 0 Å². The molecule has 1 aliphatic rings. The number of hydrogen-bond acceptors (Lipinski definition) is 2. The molecule has 0 saturated heterocycles. The number of benzene rings is 2. The first kappa shape index (κ1) is 22.6. The molecule has 1 aliphatic carbocycles. The molecule has 1 aromatic heterocycles. The van der Waals surface area contributed by atoms with Crippen LogP contribution in [0.4, 0.5) is 4.39 Å². The zero-order valence-electron chi connectivity index (χ0n) is 18.6. The Kier molecular flexibility index (Phi) is 7.00. The lowest BCUT2D eigenvalue weighted by Crippen LogP contribution is -2.23. The normalized spacial score (nSPS) is 18.3. The third kappa shape index (κ3) is 4.33. The molecular weight excluding hydrogens is 425 g/mol. The molecule has 4 rings (SSSR count). The van der Waals surface area contributed by atoms with Crippen molar-refractivity contribution in [2.24, 2.45) is 5.92 Å². The maximum absolute atomic E-state index is 14.8. The van der Waals surface area contributed by atoms with E-state index in [1.165, 1.54) is 6.07 Å². The SMILES string of the molecule is CCCCOc1ccc(-n2c(Cl)cc3c2C(=O)C(c2ccccc2F)C(CC)CC3)cc1. The number of carbonyl (C=O) groups is 1. The molecule has 168 valence electrons. The molecule has 0 saturated carbocycles. The number of halogens is 2. The van der Waals surface area contributed by atoms with Gasteiger partial charge < -0.3 is 4.74 Å². The number of nitrogens with zero attached hydrogens (tertiary/aromatic N) is 1. The Morgan fingerprint density at radius 1 is 1.12 bits per heavy atom. The smallest absolute Gasteiger partial charge is 0.187 e. The third-order valence-corrected chi connectivity index (χ3v) is 6.71. The van der Waals surface area contributed by atoms with Gasteiger partial charge in [0.1, 0.15) is 16.7 Å². The molecule has 3 aromatic rings. The van der Waals surface area contributed by atoms with Crippen molar-refractivity contribution in [1.82, 2.24) is 4.57 Å². The van der Waals surface area contributed by atoms with E-state index in [2.05, 4.69) is 13.8 Å². The number of hydrogen-bond donors (Lipinski definition) is 0. The highest BCUT2D eigenvalue weighted by atomic mass is 35.5.